The van der Waals surface area contributed by atoms with Gasteiger partial charge < -0.3 is 4.74 Å². The minimum Gasteiger partial charge on any atom is -0.493 e. The lowest BCUT2D eigenvalue weighted by Crippen LogP contribution is -2.01. The Balaban J connectivity index is 1.81. The smallest absolute Gasteiger partial charge is 0.119 e. The molecule has 1 aromatic carbocycles. The Labute approximate surface area is 123 Å². The van der Waals surface area contributed by atoms with Crippen molar-refractivity contribution in [2.75, 3.05) is 6.61 Å². The Morgan fingerprint density at radius 2 is 2.05 bits per heavy atom. The number of rotatable bonds is 6. The minimum absolute atomic E-state index is 0.383. The molecule has 0 atom stereocenters. The summed E-state index contributed by atoms with van der Waals surface area (Å²) in [5.41, 5.74) is 2.17. The molecule has 0 saturated carbocycles. The van der Waals surface area contributed by atoms with Gasteiger partial charge in [-0.1, -0.05) is 26.0 Å². The van der Waals surface area contributed by atoms with Crippen LogP contribution >= 0.6 is 11.3 Å². The van der Waals surface area contributed by atoms with Crippen LogP contribution in [0.25, 0.3) is 0 Å². The summed E-state index contributed by atoms with van der Waals surface area (Å²) in [6, 6.07) is 10.3. The third-order valence-electron chi connectivity index (χ3n) is 2.99. The van der Waals surface area contributed by atoms with Crippen molar-refractivity contribution in [2.45, 2.75) is 32.6 Å². The van der Waals surface area contributed by atoms with E-state index in [-0.39, 0.29) is 0 Å². The third-order valence-corrected chi connectivity index (χ3v) is 3.95. The number of nitriles is 1. The molecule has 0 spiro atoms. The van der Waals surface area contributed by atoms with Crippen molar-refractivity contribution in [3.63, 3.8) is 0 Å². The van der Waals surface area contributed by atoms with Gasteiger partial charge in [0.25, 0.3) is 0 Å². The lowest BCUT2D eigenvalue weighted by Gasteiger charge is -2.08. The second-order valence-electron chi connectivity index (χ2n) is 4.89. The second-order valence-corrected chi connectivity index (χ2v) is 5.83. The molecule has 2 rings (SSSR count). The Bertz CT molecular complexity index is 581. The van der Waals surface area contributed by atoms with E-state index in [1.165, 1.54) is 5.56 Å². The molecule has 0 amide bonds. The fraction of sp³-hybridized carbons (Fsp3) is 0.375. The van der Waals surface area contributed by atoms with Gasteiger partial charge in [0.15, 0.2) is 0 Å². The van der Waals surface area contributed by atoms with E-state index < -0.39 is 0 Å². The summed E-state index contributed by atoms with van der Waals surface area (Å²) in [5, 5.41) is 11.6. The summed E-state index contributed by atoms with van der Waals surface area (Å²) in [4.78, 5) is 4.38. The predicted molar refractivity (Wildman–Crippen MR) is 81.2 cm³/mol. The van der Waals surface area contributed by atoms with Crippen molar-refractivity contribution < 1.29 is 4.74 Å². The van der Waals surface area contributed by atoms with Crippen molar-refractivity contribution in [3.8, 4) is 11.8 Å². The monoisotopic (exact) mass is 286 g/mol. The van der Waals surface area contributed by atoms with E-state index in [4.69, 9.17) is 10.00 Å². The Hall–Kier alpha value is -1.86. The number of benzene rings is 1. The minimum atomic E-state index is 0.383. The van der Waals surface area contributed by atoms with Crippen LogP contribution in [0.4, 0.5) is 0 Å². The van der Waals surface area contributed by atoms with Gasteiger partial charge in [-0.05, 0) is 23.6 Å². The lowest BCUT2D eigenvalue weighted by atomic mass is 10.0. The van der Waals surface area contributed by atoms with E-state index >= 15 is 0 Å². The summed E-state index contributed by atoms with van der Waals surface area (Å²) in [6.07, 6.45) is 1.16. The van der Waals surface area contributed by atoms with Crippen LogP contribution in [0.15, 0.2) is 29.6 Å². The molecule has 0 radical (unpaired) electrons. The van der Waals surface area contributed by atoms with Crippen LogP contribution in [0.3, 0.4) is 0 Å². The van der Waals surface area contributed by atoms with Crippen LogP contribution in [0.5, 0.6) is 5.75 Å². The summed E-state index contributed by atoms with van der Waals surface area (Å²) < 4.78 is 5.72. The number of aromatic nitrogens is 1. The van der Waals surface area contributed by atoms with E-state index in [1.807, 2.05) is 17.5 Å². The van der Waals surface area contributed by atoms with Crippen LogP contribution in [0.1, 0.15) is 36.0 Å². The molecule has 0 fully saturated rings. The second kappa shape index (κ2) is 7.06. The predicted octanol–water partition coefficient (Wildman–Crippen LogP) is 3.95. The largest absolute Gasteiger partial charge is 0.493 e. The topological polar surface area (TPSA) is 45.9 Å². The zero-order valence-corrected chi connectivity index (χ0v) is 12.6. The highest BCUT2D eigenvalue weighted by Gasteiger charge is 2.03. The molecule has 3 nitrogen and oxygen atoms in total. The number of thiazole rings is 1. The fourth-order valence-corrected chi connectivity index (χ4v) is 2.61. The molecule has 0 aliphatic carbocycles. The molecule has 1 heterocycles. The highest BCUT2D eigenvalue weighted by molar-refractivity contribution is 7.09. The molecule has 0 saturated heterocycles. The molecular formula is C16H18N2OS. The molecule has 4 heteroatoms. The highest BCUT2D eigenvalue weighted by Crippen LogP contribution is 2.19. The summed E-state index contributed by atoms with van der Waals surface area (Å²) >= 11 is 1.59. The van der Waals surface area contributed by atoms with Gasteiger partial charge in [-0.3, -0.25) is 0 Å². The molecule has 2 aromatic rings. The zero-order chi connectivity index (χ0) is 14.4. The Morgan fingerprint density at radius 3 is 2.70 bits per heavy atom. The van der Waals surface area contributed by atoms with Crippen LogP contribution in [-0.2, 0) is 12.8 Å². The molecule has 0 bridgehead atoms. The molecule has 0 unspecified atom stereocenters. The lowest BCUT2D eigenvalue weighted by molar-refractivity contribution is 0.321. The zero-order valence-electron chi connectivity index (χ0n) is 11.8. The standard InChI is InChI=1S/C16H18N2OS/c1-12(2)13-3-5-15(6-4-13)19-10-8-16-18-14(7-9-17)11-20-16/h3-6,11-12H,7-8,10H2,1-2H3. The molecule has 104 valence electrons. The summed E-state index contributed by atoms with van der Waals surface area (Å²) in [6.45, 7) is 4.97. The maximum absolute atomic E-state index is 8.60. The van der Waals surface area contributed by atoms with Crippen LogP contribution in [-0.4, -0.2) is 11.6 Å². The number of hydrogen-bond acceptors (Lipinski definition) is 4. The van der Waals surface area contributed by atoms with Crippen molar-refractivity contribution >= 4 is 11.3 Å². The van der Waals surface area contributed by atoms with Crippen molar-refractivity contribution in [1.29, 1.82) is 5.26 Å². The van der Waals surface area contributed by atoms with Gasteiger partial charge in [-0.2, -0.15) is 5.26 Å². The molecule has 20 heavy (non-hydrogen) atoms. The van der Waals surface area contributed by atoms with Gasteiger partial charge >= 0.3 is 0 Å². The van der Waals surface area contributed by atoms with E-state index in [1.54, 1.807) is 11.3 Å². The van der Waals surface area contributed by atoms with Gasteiger partial charge in [0, 0.05) is 11.8 Å². The first-order valence-corrected chi connectivity index (χ1v) is 7.60. The van der Waals surface area contributed by atoms with Gasteiger partial charge in [0.1, 0.15) is 5.75 Å². The summed E-state index contributed by atoms with van der Waals surface area (Å²) in [7, 11) is 0. The molecular weight excluding hydrogens is 268 g/mol. The van der Waals surface area contributed by atoms with E-state index in [0.29, 0.717) is 18.9 Å². The number of hydrogen-bond donors (Lipinski definition) is 0. The average Bonchev–Trinajstić information content (AvgIpc) is 2.87. The van der Waals surface area contributed by atoms with Crippen molar-refractivity contribution in [2.24, 2.45) is 0 Å². The summed E-state index contributed by atoms with van der Waals surface area (Å²) in [5.74, 6) is 1.43. The van der Waals surface area contributed by atoms with Gasteiger partial charge in [-0.25, -0.2) is 4.98 Å². The van der Waals surface area contributed by atoms with Crippen LogP contribution in [0, 0.1) is 11.3 Å². The van der Waals surface area contributed by atoms with Crippen molar-refractivity contribution in [1.82, 2.24) is 4.98 Å². The fourth-order valence-electron chi connectivity index (χ4n) is 1.83. The maximum atomic E-state index is 8.60. The first-order chi connectivity index (χ1) is 9.69. The number of nitrogens with zero attached hydrogens (tertiary/aromatic N) is 2. The average molecular weight is 286 g/mol. The van der Waals surface area contributed by atoms with Crippen molar-refractivity contribution in [3.05, 3.63) is 45.9 Å². The first kappa shape index (κ1) is 14.5. The first-order valence-electron chi connectivity index (χ1n) is 6.72. The molecule has 0 N–H and O–H groups in total. The Kier molecular flexibility index (Phi) is 5.14. The highest BCUT2D eigenvalue weighted by atomic mass is 32.1. The number of ether oxygens (including phenoxy) is 1. The van der Waals surface area contributed by atoms with Crippen LogP contribution < -0.4 is 4.74 Å². The van der Waals surface area contributed by atoms with Gasteiger partial charge in [-0.15, -0.1) is 11.3 Å². The van der Waals surface area contributed by atoms with E-state index in [9.17, 15) is 0 Å². The van der Waals surface area contributed by atoms with E-state index in [0.717, 1.165) is 22.9 Å². The van der Waals surface area contributed by atoms with Gasteiger partial charge in [0.05, 0.1) is 29.8 Å². The normalized spacial score (nSPS) is 10.5. The maximum Gasteiger partial charge on any atom is 0.119 e. The van der Waals surface area contributed by atoms with E-state index in [2.05, 4.69) is 37.0 Å². The quantitative estimate of drug-likeness (QED) is 0.807. The molecule has 0 aliphatic rings. The molecule has 0 aliphatic heterocycles. The van der Waals surface area contributed by atoms with Gasteiger partial charge in [0.2, 0.25) is 0 Å². The van der Waals surface area contributed by atoms with Crippen LogP contribution in [0.2, 0.25) is 0 Å². The Morgan fingerprint density at radius 1 is 1.30 bits per heavy atom. The SMILES string of the molecule is CC(C)c1ccc(OCCc2nc(CC#N)cs2)cc1. The third kappa shape index (κ3) is 4.07. The molecule has 1 aromatic heterocycles.